The van der Waals surface area contributed by atoms with E-state index in [4.69, 9.17) is 10.4 Å². The normalized spacial score (nSPS) is 11.2. The minimum atomic E-state index is -0.487. The smallest absolute Gasteiger partial charge is 0.267 e. The number of benzene rings is 1. The number of aryl methyl sites for hydroxylation is 3. The number of nitrogens with zero attached hydrogens (tertiary/aromatic N) is 4. The van der Waals surface area contributed by atoms with E-state index in [9.17, 15) is 9.59 Å². The van der Waals surface area contributed by atoms with Crippen molar-refractivity contribution in [3.63, 3.8) is 0 Å². The molecule has 5 aromatic rings. The van der Waals surface area contributed by atoms with Gasteiger partial charge in [-0.2, -0.15) is 0 Å². The quantitative estimate of drug-likeness (QED) is 0.396. The van der Waals surface area contributed by atoms with Gasteiger partial charge in [0.1, 0.15) is 16.8 Å². The fourth-order valence-electron chi connectivity index (χ4n) is 3.82. The predicted octanol–water partition coefficient (Wildman–Crippen LogP) is 3.39. The third-order valence-corrected chi connectivity index (χ3v) is 6.19. The van der Waals surface area contributed by atoms with Gasteiger partial charge in [0.25, 0.3) is 11.5 Å². The highest BCUT2D eigenvalue weighted by atomic mass is 32.1. The molecule has 5 rings (SSSR count). The highest BCUT2D eigenvalue weighted by Crippen LogP contribution is 2.16. The zero-order valence-corrected chi connectivity index (χ0v) is 18.6. The summed E-state index contributed by atoms with van der Waals surface area (Å²) in [5.74, 6) is -0.487. The van der Waals surface area contributed by atoms with E-state index in [2.05, 4.69) is 10.3 Å². The summed E-state index contributed by atoms with van der Waals surface area (Å²) in [6, 6.07) is 15.0. The van der Waals surface area contributed by atoms with Crippen LogP contribution in [0.1, 0.15) is 21.5 Å². The first-order valence-electron chi connectivity index (χ1n) is 10.4. The zero-order chi connectivity index (χ0) is 22.9. The van der Waals surface area contributed by atoms with Crippen molar-refractivity contribution in [2.75, 3.05) is 5.32 Å². The van der Waals surface area contributed by atoms with Crippen LogP contribution in [0.2, 0.25) is 0 Å². The van der Waals surface area contributed by atoms with E-state index in [1.165, 1.54) is 21.8 Å². The molecule has 1 aromatic carbocycles. The van der Waals surface area contributed by atoms with E-state index in [0.717, 1.165) is 11.1 Å². The van der Waals surface area contributed by atoms with Crippen LogP contribution in [-0.2, 0) is 13.0 Å². The molecule has 0 unspecified atom stereocenters. The van der Waals surface area contributed by atoms with Crippen LogP contribution >= 0.6 is 11.3 Å². The van der Waals surface area contributed by atoms with Gasteiger partial charge in [-0.25, -0.2) is 9.97 Å². The van der Waals surface area contributed by atoms with Crippen molar-refractivity contribution in [3.8, 4) is 0 Å². The molecule has 2 N–H and O–H groups in total. The highest BCUT2D eigenvalue weighted by Gasteiger charge is 2.18. The van der Waals surface area contributed by atoms with Crippen LogP contribution in [0.5, 0.6) is 0 Å². The maximum atomic E-state index is 13.4. The molecule has 0 bridgehead atoms. The summed E-state index contributed by atoms with van der Waals surface area (Å²) in [7, 11) is 0. The maximum Gasteiger partial charge on any atom is 0.267 e. The lowest BCUT2D eigenvalue weighted by molar-refractivity contribution is 0.102. The van der Waals surface area contributed by atoms with Crippen molar-refractivity contribution in [1.82, 2.24) is 18.9 Å². The second-order valence-corrected chi connectivity index (χ2v) is 8.52. The van der Waals surface area contributed by atoms with Gasteiger partial charge in [0.15, 0.2) is 5.13 Å². The Morgan fingerprint density at radius 2 is 1.97 bits per heavy atom. The number of aromatic nitrogens is 4. The van der Waals surface area contributed by atoms with Crippen LogP contribution in [0.3, 0.4) is 0 Å². The molecule has 0 atom stereocenters. The number of hydrogen-bond acceptors (Lipinski definition) is 6. The lowest BCUT2D eigenvalue weighted by Gasteiger charge is -2.15. The Labute approximate surface area is 192 Å². The van der Waals surface area contributed by atoms with Crippen molar-refractivity contribution in [3.05, 3.63) is 98.8 Å². The molecule has 1 amide bonds. The van der Waals surface area contributed by atoms with Crippen molar-refractivity contribution >= 4 is 39.1 Å². The number of fused-ring (bicyclic) bond motifs is 2. The van der Waals surface area contributed by atoms with E-state index in [1.807, 2.05) is 43.3 Å². The first-order valence-corrected chi connectivity index (χ1v) is 11.3. The van der Waals surface area contributed by atoms with Crippen LogP contribution in [0, 0.1) is 12.3 Å². The lowest BCUT2D eigenvalue weighted by Crippen LogP contribution is -2.32. The van der Waals surface area contributed by atoms with E-state index in [0.29, 0.717) is 29.4 Å². The highest BCUT2D eigenvalue weighted by molar-refractivity contribution is 7.13. The Morgan fingerprint density at radius 3 is 2.73 bits per heavy atom. The van der Waals surface area contributed by atoms with Crippen LogP contribution in [0.4, 0.5) is 5.13 Å². The molecule has 0 radical (unpaired) electrons. The van der Waals surface area contributed by atoms with E-state index < -0.39 is 5.91 Å². The van der Waals surface area contributed by atoms with E-state index in [-0.39, 0.29) is 22.0 Å². The second-order valence-electron chi connectivity index (χ2n) is 7.62. The second kappa shape index (κ2) is 8.44. The molecule has 0 aliphatic carbocycles. The maximum absolute atomic E-state index is 13.4. The molecule has 0 saturated heterocycles. The Balaban J connectivity index is 1.72. The number of pyridine rings is 2. The topological polar surface area (TPSA) is 105 Å². The molecule has 9 heteroatoms. The molecule has 164 valence electrons. The average molecular weight is 457 g/mol. The zero-order valence-electron chi connectivity index (χ0n) is 17.8. The van der Waals surface area contributed by atoms with Crippen molar-refractivity contribution in [2.24, 2.45) is 0 Å². The molecule has 0 aliphatic heterocycles. The lowest BCUT2D eigenvalue weighted by atomic mass is 10.1. The Kier molecular flexibility index (Phi) is 5.31. The van der Waals surface area contributed by atoms with Crippen LogP contribution < -0.4 is 16.4 Å². The molecule has 8 nitrogen and oxygen atoms in total. The Hall–Kier alpha value is -4.11. The molecule has 4 aromatic heterocycles. The number of thiazole rings is 1. The molecule has 4 heterocycles. The van der Waals surface area contributed by atoms with Gasteiger partial charge in [0, 0.05) is 24.3 Å². The average Bonchev–Trinajstić information content (AvgIpc) is 3.33. The monoisotopic (exact) mass is 456 g/mol. The summed E-state index contributed by atoms with van der Waals surface area (Å²) in [4.78, 5) is 35.2. The predicted molar refractivity (Wildman–Crippen MR) is 128 cm³/mol. The van der Waals surface area contributed by atoms with Crippen LogP contribution in [0.25, 0.3) is 16.7 Å². The first-order chi connectivity index (χ1) is 16.0. The molecule has 0 spiro atoms. The van der Waals surface area contributed by atoms with Crippen molar-refractivity contribution in [1.29, 1.82) is 5.41 Å². The summed E-state index contributed by atoms with van der Waals surface area (Å²) in [6.07, 6.45) is 3.88. The number of nitrogens with one attached hydrogen (secondary N) is 2. The molecular formula is C24H20N6O2S. The standard InChI is InChI=1S/C24H20N6O2S/c1-15-6-5-11-30-20(15)27-21-18(23(30)32)14-17(22(31)28-24-26-10-13-33-24)19(25)29(21)12-9-16-7-3-2-4-8-16/h2-8,10-11,13-14,25H,9,12H2,1H3,(H,26,28,31). The third kappa shape index (κ3) is 3.83. The number of rotatable bonds is 5. The van der Waals surface area contributed by atoms with Crippen LogP contribution in [-0.4, -0.2) is 24.8 Å². The minimum absolute atomic E-state index is 0.00248. The van der Waals surface area contributed by atoms with Gasteiger partial charge in [-0.15, -0.1) is 11.3 Å². The molecule has 0 aliphatic rings. The van der Waals surface area contributed by atoms with Gasteiger partial charge in [-0.1, -0.05) is 36.4 Å². The SMILES string of the molecule is Cc1cccn2c(=O)c3cc(C(=O)Nc4nccs4)c(=N)n(CCc4ccccc4)c3nc12. The van der Waals surface area contributed by atoms with E-state index in [1.54, 1.807) is 28.4 Å². The molecule has 33 heavy (non-hydrogen) atoms. The first kappa shape index (κ1) is 20.8. The summed E-state index contributed by atoms with van der Waals surface area (Å²) in [5.41, 5.74) is 2.67. The summed E-state index contributed by atoms with van der Waals surface area (Å²) in [6.45, 7) is 2.28. The van der Waals surface area contributed by atoms with Crippen molar-refractivity contribution in [2.45, 2.75) is 19.9 Å². The minimum Gasteiger partial charge on any atom is -0.310 e. The third-order valence-electron chi connectivity index (χ3n) is 5.50. The summed E-state index contributed by atoms with van der Waals surface area (Å²) in [5, 5.41) is 14.0. The van der Waals surface area contributed by atoms with E-state index >= 15 is 0 Å². The van der Waals surface area contributed by atoms with Gasteiger partial charge >= 0.3 is 0 Å². The van der Waals surface area contributed by atoms with Crippen LogP contribution in [0.15, 0.2) is 71.1 Å². The van der Waals surface area contributed by atoms with Gasteiger partial charge < -0.3 is 4.57 Å². The number of carbonyl (C=O) groups excluding carboxylic acids is 1. The number of hydrogen-bond donors (Lipinski definition) is 2. The Bertz CT molecular complexity index is 1600. The summed E-state index contributed by atoms with van der Waals surface area (Å²) >= 11 is 1.28. The van der Waals surface area contributed by atoms with Crippen molar-refractivity contribution < 1.29 is 4.79 Å². The fraction of sp³-hybridized carbons (Fsp3) is 0.125. The van der Waals surface area contributed by atoms with Gasteiger partial charge in [0.05, 0.1) is 10.9 Å². The summed E-state index contributed by atoms with van der Waals surface area (Å²) < 4.78 is 3.12. The molecule has 0 saturated carbocycles. The van der Waals surface area contributed by atoms with Gasteiger partial charge in [-0.3, -0.25) is 24.7 Å². The molecular weight excluding hydrogens is 436 g/mol. The molecule has 0 fully saturated rings. The number of anilines is 1. The van der Waals surface area contributed by atoms with Gasteiger partial charge in [0.2, 0.25) is 0 Å². The number of carbonyl (C=O) groups is 1. The largest absolute Gasteiger partial charge is 0.310 e. The Morgan fingerprint density at radius 1 is 1.15 bits per heavy atom. The van der Waals surface area contributed by atoms with Gasteiger partial charge in [-0.05, 0) is 36.6 Å². The fourth-order valence-corrected chi connectivity index (χ4v) is 4.35. The number of amides is 1.